The van der Waals surface area contributed by atoms with Gasteiger partial charge in [-0.2, -0.15) is 0 Å². The van der Waals surface area contributed by atoms with Crippen LogP contribution in [0, 0.1) is 0 Å². The first-order chi connectivity index (χ1) is 6.50. The maximum Gasteiger partial charge on any atom is 0.110 e. The van der Waals surface area contributed by atoms with Crippen LogP contribution in [0.15, 0.2) is 16.9 Å². The Bertz CT molecular complexity index is 348. The summed E-state index contributed by atoms with van der Waals surface area (Å²) in [6.07, 6.45) is 4.60. The Morgan fingerprint density at radius 1 is 1.36 bits per heavy atom. The summed E-state index contributed by atoms with van der Waals surface area (Å²) >= 11 is 3.57. The van der Waals surface area contributed by atoms with Crippen LogP contribution in [-0.4, -0.2) is 4.98 Å². The van der Waals surface area contributed by atoms with Crippen LogP contribution < -0.4 is 0 Å². The molecule has 0 amide bonds. The van der Waals surface area contributed by atoms with Crippen molar-refractivity contribution in [2.75, 3.05) is 0 Å². The highest BCUT2D eigenvalue weighted by Crippen LogP contribution is 2.45. The van der Waals surface area contributed by atoms with E-state index in [0.717, 1.165) is 10.5 Å². The maximum atomic E-state index is 4.33. The average molecular weight is 254 g/mol. The summed E-state index contributed by atoms with van der Waals surface area (Å²) in [5.74, 6) is 0.795. The predicted molar refractivity (Wildman–Crippen MR) is 62.6 cm³/mol. The van der Waals surface area contributed by atoms with E-state index in [1.165, 1.54) is 24.0 Å². The van der Waals surface area contributed by atoms with E-state index in [4.69, 9.17) is 0 Å². The monoisotopic (exact) mass is 253 g/mol. The lowest BCUT2D eigenvalue weighted by atomic mass is 9.84. The van der Waals surface area contributed by atoms with Gasteiger partial charge in [-0.15, -0.1) is 0 Å². The molecule has 1 aliphatic rings. The van der Waals surface area contributed by atoms with Gasteiger partial charge in [0.2, 0.25) is 0 Å². The summed E-state index contributed by atoms with van der Waals surface area (Å²) in [5, 5.41) is 0. The largest absolute Gasteiger partial charge is 0.249 e. The van der Waals surface area contributed by atoms with Crippen molar-refractivity contribution >= 4 is 15.9 Å². The normalized spacial score (nSPS) is 17.1. The van der Waals surface area contributed by atoms with Crippen molar-refractivity contribution in [2.24, 2.45) is 0 Å². The highest BCUT2D eigenvalue weighted by molar-refractivity contribution is 9.10. The summed E-state index contributed by atoms with van der Waals surface area (Å²) in [7, 11) is 0. The van der Waals surface area contributed by atoms with Crippen LogP contribution in [-0.2, 0) is 5.41 Å². The molecule has 0 atom stereocenters. The maximum absolute atomic E-state index is 4.33. The Morgan fingerprint density at radius 2 is 2.00 bits per heavy atom. The van der Waals surface area contributed by atoms with Gasteiger partial charge in [0.25, 0.3) is 0 Å². The van der Waals surface area contributed by atoms with Gasteiger partial charge in [0.05, 0.1) is 0 Å². The van der Waals surface area contributed by atoms with Gasteiger partial charge in [-0.3, -0.25) is 0 Å². The Hall–Kier alpha value is -0.370. The molecule has 1 fully saturated rings. The van der Waals surface area contributed by atoms with Crippen LogP contribution in [0.1, 0.15) is 50.7 Å². The topological polar surface area (TPSA) is 12.9 Å². The predicted octanol–water partition coefficient (Wildman–Crippen LogP) is 4.02. The van der Waals surface area contributed by atoms with Gasteiger partial charge in [-0.1, -0.05) is 20.8 Å². The van der Waals surface area contributed by atoms with Crippen molar-refractivity contribution in [3.05, 3.63) is 28.0 Å². The lowest BCUT2D eigenvalue weighted by Gasteiger charge is -2.23. The molecule has 76 valence electrons. The van der Waals surface area contributed by atoms with Gasteiger partial charge in [0, 0.05) is 6.20 Å². The molecule has 1 saturated carbocycles. The third-order valence-corrected chi connectivity index (χ3v) is 3.31. The number of hydrogen-bond acceptors (Lipinski definition) is 1. The lowest BCUT2D eigenvalue weighted by Crippen LogP contribution is -2.15. The first kappa shape index (κ1) is 10.2. The molecule has 0 bridgehead atoms. The van der Waals surface area contributed by atoms with Crippen LogP contribution in [0.25, 0.3) is 0 Å². The number of hydrogen-bond donors (Lipinski definition) is 0. The van der Waals surface area contributed by atoms with E-state index in [0.29, 0.717) is 0 Å². The van der Waals surface area contributed by atoms with Crippen molar-refractivity contribution in [1.29, 1.82) is 0 Å². The van der Waals surface area contributed by atoms with Crippen LogP contribution in [0.2, 0.25) is 0 Å². The van der Waals surface area contributed by atoms with Gasteiger partial charge in [0.15, 0.2) is 0 Å². The number of pyridine rings is 1. The van der Waals surface area contributed by atoms with Crippen LogP contribution in [0.5, 0.6) is 0 Å². The molecule has 0 radical (unpaired) electrons. The zero-order valence-corrected chi connectivity index (χ0v) is 10.6. The number of halogens is 1. The molecule has 0 aliphatic heterocycles. The summed E-state index contributed by atoms with van der Waals surface area (Å²) < 4.78 is 1.02. The fraction of sp³-hybridized carbons (Fsp3) is 0.583. The van der Waals surface area contributed by atoms with E-state index in [9.17, 15) is 0 Å². The Morgan fingerprint density at radius 3 is 2.50 bits per heavy atom. The molecule has 14 heavy (non-hydrogen) atoms. The van der Waals surface area contributed by atoms with Gasteiger partial charge < -0.3 is 0 Å². The molecule has 0 unspecified atom stereocenters. The standard InChI is InChI=1S/C12H16BrN/c1-12(2,3)10-9(8-4-5-8)6-7-14-11(10)13/h6-8H,4-5H2,1-3H3. The molecule has 1 aromatic heterocycles. The Labute approximate surface area is 94.1 Å². The fourth-order valence-corrected chi connectivity index (χ4v) is 2.87. The lowest BCUT2D eigenvalue weighted by molar-refractivity contribution is 0.575. The van der Waals surface area contributed by atoms with Crippen LogP contribution in [0.4, 0.5) is 0 Å². The first-order valence-corrected chi connectivity index (χ1v) is 5.94. The second-order valence-electron chi connectivity index (χ2n) is 5.09. The minimum Gasteiger partial charge on any atom is -0.249 e. The van der Waals surface area contributed by atoms with Crippen molar-refractivity contribution in [3.8, 4) is 0 Å². The van der Waals surface area contributed by atoms with Gasteiger partial charge in [-0.25, -0.2) is 4.98 Å². The minimum atomic E-state index is 0.186. The van der Waals surface area contributed by atoms with E-state index in [1.54, 1.807) is 0 Å². The van der Waals surface area contributed by atoms with E-state index < -0.39 is 0 Å². The molecule has 0 aromatic carbocycles. The second kappa shape index (κ2) is 3.34. The van der Waals surface area contributed by atoms with E-state index in [1.807, 2.05) is 6.20 Å². The molecule has 0 saturated heterocycles. The second-order valence-corrected chi connectivity index (χ2v) is 5.84. The number of rotatable bonds is 1. The highest BCUT2D eigenvalue weighted by Gasteiger charge is 2.31. The highest BCUT2D eigenvalue weighted by atomic mass is 79.9. The van der Waals surface area contributed by atoms with Crippen molar-refractivity contribution in [3.63, 3.8) is 0 Å². The molecule has 0 spiro atoms. The molecule has 2 heteroatoms. The molecular formula is C12H16BrN. The zero-order valence-electron chi connectivity index (χ0n) is 8.97. The summed E-state index contributed by atoms with van der Waals surface area (Å²) in [5.41, 5.74) is 3.08. The zero-order chi connectivity index (χ0) is 10.3. The molecule has 0 N–H and O–H groups in total. The molecule has 1 aromatic rings. The summed E-state index contributed by atoms with van der Waals surface area (Å²) in [6.45, 7) is 6.75. The Balaban J connectivity index is 2.53. The Kier molecular flexibility index (Phi) is 2.42. The van der Waals surface area contributed by atoms with Crippen molar-refractivity contribution < 1.29 is 0 Å². The van der Waals surface area contributed by atoms with Crippen LogP contribution >= 0.6 is 15.9 Å². The number of nitrogens with zero attached hydrogens (tertiary/aromatic N) is 1. The van der Waals surface area contributed by atoms with Crippen molar-refractivity contribution in [1.82, 2.24) is 4.98 Å². The summed E-state index contributed by atoms with van der Waals surface area (Å²) in [6, 6.07) is 2.18. The van der Waals surface area contributed by atoms with E-state index in [-0.39, 0.29) is 5.41 Å². The molecule has 1 aliphatic carbocycles. The molecule has 1 heterocycles. The average Bonchev–Trinajstić information content (AvgIpc) is 2.83. The minimum absolute atomic E-state index is 0.186. The van der Waals surface area contributed by atoms with Crippen molar-refractivity contribution in [2.45, 2.75) is 44.9 Å². The fourth-order valence-electron chi connectivity index (χ4n) is 1.93. The molecular weight excluding hydrogens is 238 g/mol. The number of aromatic nitrogens is 1. The smallest absolute Gasteiger partial charge is 0.110 e. The first-order valence-electron chi connectivity index (χ1n) is 5.15. The SMILES string of the molecule is CC(C)(C)c1c(C2CC2)ccnc1Br. The van der Waals surface area contributed by atoms with E-state index >= 15 is 0 Å². The van der Waals surface area contributed by atoms with Gasteiger partial charge >= 0.3 is 0 Å². The third-order valence-electron chi connectivity index (χ3n) is 2.70. The van der Waals surface area contributed by atoms with Gasteiger partial charge in [0.1, 0.15) is 4.60 Å². The third kappa shape index (κ3) is 1.85. The van der Waals surface area contributed by atoms with Gasteiger partial charge in [-0.05, 0) is 57.3 Å². The summed E-state index contributed by atoms with van der Waals surface area (Å²) in [4.78, 5) is 4.33. The molecule has 1 nitrogen and oxygen atoms in total. The van der Waals surface area contributed by atoms with E-state index in [2.05, 4.69) is 47.8 Å². The van der Waals surface area contributed by atoms with Crippen LogP contribution in [0.3, 0.4) is 0 Å². The quantitative estimate of drug-likeness (QED) is 0.690. The molecule has 2 rings (SSSR count).